The molecule has 116 valence electrons. The fourth-order valence-corrected chi connectivity index (χ4v) is 2.47. The van der Waals surface area contributed by atoms with Crippen molar-refractivity contribution in [2.24, 2.45) is 0 Å². The number of thioether (sulfide) groups is 1. The number of carbonyl (C=O) groups excluding carboxylic acids is 2. The average Bonchev–Trinajstić information content (AvgIpc) is 2.60. The van der Waals surface area contributed by atoms with E-state index in [4.69, 9.17) is 5.26 Å². The molecule has 0 aliphatic carbocycles. The average molecular weight is 327 g/mol. The first-order valence-electron chi connectivity index (χ1n) is 6.60. The summed E-state index contributed by atoms with van der Waals surface area (Å²) in [6.45, 7) is 0. The fourth-order valence-electron chi connectivity index (χ4n) is 1.73. The van der Waals surface area contributed by atoms with Gasteiger partial charge in [-0.1, -0.05) is 11.8 Å². The van der Waals surface area contributed by atoms with Crippen LogP contribution < -0.4 is 5.32 Å². The first-order chi connectivity index (χ1) is 11.1. The molecular weight excluding hydrogens is 314 g/mol. The quantitative estimate of drug-likeness (QED) is 0.670. The second-order valence-electron chi connectivity index (χ2n) is 4.37. The van der Waals surface area contributed by atoms with Crippen LogP contribution in [0.25, 0.3) is 0 Å². The van der Waals surface area contributed by atoms with Crippen molar-refractivity contribution in [2.75, 3.05) is 18.2 Å². The third-order valence-electron chi connectivity index (χ3n) is 2.82. The van der Waals surface area contributed by atoms with E-state index in [2.05, 4.69) is 15.0 Å². The van der Waals surface area contributed by atoms with Gasteiger partial charge in [0.05, 0.1) is 24.0 Å². The van der Waals surface area contributed by atoms with Gasteiger partial charge in [-0.15, -0.1) is 0 Å². The molecule has 0 bridgehead atoms. The minimum Gasteiger partial charge on any atom is -0.465 e. The molecule has 0 saturated carbocycles. The number of ether oxygens (including phenoxy) is 1. The van der Waals surface area contributed by atoms with Crippen LogP contribution in [0.4, 0.5) is 5.69 Å². The molecule has 1 aromatic heterocycles. The van der Waals surface area contributed by atoms with Crippen LogP contribution in [-0.4, -0.2) is 29.7 Å². The van der Waals surface area contributed by atoms with Crippen LogP contribution in [0.3, 0.4) is 0 Å². The van der Waals surface area contributed by atoms with Gasteiger partial charge in [0.1, 0.15) is 11.1 Å². The lowest BCUT2D eigenvalue weighted by Gasteiger charge is -2.06. The number of nitrogens with zero attached hydrogens (tertiary/aromatic N) is 2. The largest absolute Gasteiger partial charge is 0.465 e. The van der Waals surface area contributed by atoms with Gasteiger partial charge >= 0.3 is 5.97 Å². The number of hydrogen-bond acceptors (Lipinski definition) is 6. The molecular formula is C16H13N3O3S. The van der Waals surface area contributed by atoms with Gasteiger partial charge in [0, 0.05) is 11.9 Å². The molecule has 2 aromatic rings. The number of methoxy groups -OCH3 is 1. The van der Waals surface area contributed by atoms with Gasteiger partial charge < -0.3 is 10.1 Å². The molecule has 6 nitrogen and oxygen atoms in total. The van der Waals surface area contributed by atoms with Gasteiger partial charge in [-0.2, -0.15) is 5.26 Å². The number of carbonyl (C=O) groups is 2. The van der Waals surface area contributed by atoms with E-state index >= 15 is 0 Å². The summed E-state index contributed by atoms with van der Waals surface area (Å²) in [4.78, 5) is 27.3. The van der Waals surface area contributed by atoms with Crippen LogP contribution >= 0.6 is 11.8 Å². The Morgan fingerprint density at radius 1 is 1.30 bits per heavy atom. The summed E-state index contributed by atoms with van der Waals surface area (Å²) < 4.78 is 4.60. The van der Waals surface area contributed by atoms with Crippen molar-refractivity contribution in [1.29, 1.82) is 5.26 Å². The number of amides is 1. The Kier molecular flexibility index (Phi) is 5.72. The monoisotopic (exact) mass is 327 g/mol. The Balaban J connectivity index is 1.92. The summed E-state index contributed by atoms with van der Waals surface area (Å²) in [6, 6.07) is 11.7. The van der Waals surface area contributed by atoms with Gasteiger partial charge in [-0.05, 0) is 36.4 Å². The van der Waals surface area contributed by atoms with Gasteiger partial charge in [0.15, 0.2) is 0 Å². The normalized spacial score (nSPS) is 9.74. The predicted octanol–water partition coefficient (Wildman–Crippen LogP) is 2.47. The molecule has 7 heteroatoms. The molecule has 1 N–H and O–H groups in total. The maximum absolute atomic E-state index is 11.9. The smallest absolute Gasteiger partial charge is 0.337 e. The molecule has 0 saturated heterocycles. The van der Waals surface area contributed by atoms with Crippen LogP contribution in [0.15, 0.2) is 47.6 Å². The second-order valence-corrected chi connectivity index (χ2v) is 5.34. The number of nitriles is 1. The van der Waals surface area contributed by atoms with Crippen LogP contribution in [0.1, 0.15) is 15.9 Å². The predicted molar refractivity (Wildman–Crippen MR) is 86.1 cm³/mol. The molecule has 0 fully saturated rings. The Hall–Kier alpha value is -2.85. The Morgan fingerprint density at radius 2 is 2.04 bits per heavy atom. The lowest BCUT2D eigenvalue weighted by molar-refractivity contribution is -0.113. The van der Waals surface area contributed by atoms with E-state index < -0.39 is 5.97 Å². The first-order valence-corrected chi connectivity index (χ1v) is 7.58. The minimum atomic E-state index is -0.433. The number of aromatic nitrogens is 1. The van der Waals surface area contributed by atoms with Gasteiger partial charge in [0.2, 0.25) is 5.91 Å². The summed E-state index contributed by atoms with van der Waals surface area (Å²) in [7, 11) is 1.31. The van der Waals surface area contributed by atoms with E-state index in [0.29, 0.717) is 21.8 Å². The summed E-state index contributed by atoms with van der Waals surface area (Å²) in [6.07, 6.45) is 1.58. The lowest BCUT2D eigenvalue weighted by atomic mass is 10.2. The molecule has 2 rings (SSSR count). The van der Waals surface area contributed by atoms with Crippen LogP contribution in [-0.2, 0) is 9.53 Å². The molecule has 0 spiro atoms. The van der Waals surface area contributed by atoms with Crippen molar-refractivity contribution in [2.45, 2.75) is 5.03 Å². The Labute approximate surface area is 137 Å². The summed E-state index contributed by atoms with van der Waals surface area (Å²) in [5, 5.41) is 12.2. The van der Waals surface area contributed by atoms with Crippen LogP contribution in [0.5, 0.6) is 0 Å². The zero-order valence-corrected chi connectivity index (χ0v) is 13.1. The van der Waals surface area contributed by atoms with Crippen molar-refractivity contribution < 1.29 is 14.3 Å². The number of esters is 1. The number of rotatable bonds is 5. The van der Waals surface area contributed by atoms with Crippen molar-refractivity contribution in [3.63, 3.8) is 0 Å². The fraction of sp³-hybridized carbons (Fsp3) is 0.125. The van der Waals surface area contributed by atoms with E-state index in [1.807, 2.05) is 6.07 Å². The standard InChI is InChI=1S/C16H13N3O3S/c1-22-16(21)11-4-6-13(7-5-11)19-14(20)10-23-15-12(9-17)3-2-8-18-15/h2-8H,10H2,1H3,(H,19,20). The minimum absolute atomic E-state index is 0.129. The second kappa shape index (κ2) is 7.96. The van der Waals surface area contributed by atoms with Crippen LogP contribution in [0, 0.1) is 11.3 Å². The molecule has 1 heterocycles. The number of benzene rings is 1. The van der Waals surface area contributed by atoms with Crippen molar-refractivity contribution >= 4 is 29.3 Å². The van der Waals surface area contributed by atoms with E-state index in [0.717, 1.165) is 0 Å². The first kappa shape index (κ1) is 16.5. The molecule has 0 radical (unpaired) electrons. The highest BCUT2D eigenvalue weighted by molar-refractivity contribution is 8.00. The lowest BCUT2D eigenvalue weighted by Crippen LogP contribution is -2.14. The number of hydrogen-bond donors (Lipinski definition) is 1. The molecule has 0 aliphatic heterocycles. The number of anilines is 1. The zero-order valence-electron chi connectivity index (χ0n) is 12.3. The molecule has 0 aliphatic rings. The third kappa shape index (κ3) is 4.56. The van der Waals surface area contributed by atoms with E-state index in [-0.39, 0.29) is 11.7 Å². The molecule has 0 atom stereocenters. The molecule has 1 aromatic carbocycles. The summed E-state index contributed by atoms with van der Waals surface area (Å²) in [5.74, 6) is -0.530. The number of pyridine rings is 1. The summed E-state index contributed by atoms with van der Waals surface area (Å²) >= 11 is 1.19. The number of nitrogens with one attached hydrogen (secondary N) is 1. The van der Waals surface area contributed by atoms with E-state index in [9.17, 15) is 9.59 Å². The van der Waals surface area contributed by atoms with Gasteiger partial charge in [-0.25, -0.2) is 9.78 Å². The van der Waals surface area contributed by atoms with E-state index in [1.54, 1.807) is 42.6 Å². The topological polar surface area (TPSA) is 92.1 Å². The zero-order chi connectivity index (χ0) is 16.7. The van der Waals surface area contributed by atoms with Crippen molar-refractivity contribution in [1.82, 2.24) is 4.98 Å². The SMILES string of the molecule is COC(=O)c1ccc(NC(=O)CSc2ncccc2C#N)cc1. The Morgan fingerprint density at radius 3 is 2.70 bits per heavy atom. The third-order valence-corrected chi connectivity index (χ3v) is 3.83. The Bertz CT molecular complexity index is 754. The highest BCUT2D eigenvalue weighted by Crippen LogP contribution is 2.19. The van der Waals surface area contributed by atoms with Gasteiger partial charge in [-0.3, -0.25) is 4.79 Å². The molecule has 1 amide bonds. The maximum Gasteiger partial charge on any atom is 0.337 e. The van der Waals surface area contributed by atoms with Crippen molar-refractivity contribution in [3.05, 3.63) is 53.7 Å². The highest BCUT2D eigenvalue weighted by atomic mass is 32.2. The van der Waals surface area contributed by atoms with Crippen LogP contribution in [0.2, 0.25) is 0 Å². The van der Waals surface area contributed by atoms with E-state index in [1.165, 1.54) is 18.9 Å². The summed E-state index contributed by atoms with van der Waals surface area (Å²) in [5.41, 5.74) is 1.42. The molecule has 23 heavy (non-hydrogen) atoms. The molecule has 0 unspecified atom stereocenters. The maximum atomic E-state index is 11.9. The highest BCUT2D eigenvalue weighted by Gasteiger charge is 2.09. The van der Waals surface area contributed by atoms with Gasteiger partial charge in [0.25, 0.3) is 0 Å². The van der Waals surface area contributed by atoms with Crippen molar-refractivity contribution in [3.8, 4) is 6.07 Å².